The number of rotatable bonds is 5. The standard InChI is InChI=1S/C12H15FN2O4/c1-15(6-8-2-4-9(13)5-3-8)12(19)14-10(7-16)11(17)18/h2-5,10,16H,6-7H2,1H3,(H,14,19)(H,17,18)/t10-/m1/s1. The van der Waals surface area contributed by atoms with E-state index in [2.05, 4.69) is 5.32 Å². The SMILES string of the molecule is CN(Cc1ccc(F)cc1)C(=O)N[C@H](CO)C(=O)O. The van der Waals surface area contributed by atoms with E-state index in [1.807, 2.05) is 0 Å². The van der Waals surface area contributed by atoms with E-state index in [0.717, 1.165) is 0 Å². The van der Waals surface area contributed by atoms with E-state index < -0.39 is 24.6 Å². The number of carboxylic acids is 1. The number of carbonyl (C=O) groups excluding carboxylic acids is 1. The van der Waals surface area contributed by atoms with Crippen LogP contribution in [-0.2, 0) is 11.3 Å². The van der Waals surface area contributed by atoms with Crippen LogP contribution in [0.1, 0.15) is 5.56 Å². The largest absolute Gasteiger partial charge is 0.480 e. The fourth-order valence-electron chi connectivity index (χ4n) is 1.38. The number of aliphatic hydroxyl groups is 1. The van der Waals surface area contributed by atoms with Gasteiger partial charge in [0.1, 0.15) is 5.82 Å². The van der Waals surface area contributed by atoms with Crippen molar-refractivity contribution in [2.24, 2.45) is 0 Å². The van der Waals surface area contributed by atoms with Crippen molar-refractivity contribution in [3.63, 3.8) is 0 Å². The number of halogens is 1. The normalized spacial score (nSPS) is 11.7. The fourth-order valence-corrected chi connectivity index (χ4v) is 1.38. The number of aliphatic carboxylic acids is 1. The highest BCUT2D eigenvalue weighted by molar-refractivity contribution is 5.82. The monoisotopic (exact) mass is 270 g/mol. The molecule has 0 aliphatic rings. The number of nitrogens with one attached hydrogen (secondary N) is 1. The maximum atomic E-state index is 12.7. The van der Waals surface area contributed by atoms with Gasteiger partial charge in [0.15, 0.2) is 6.04 Å². The van der Waals surface area contributed by atoms with Crippen molar-refractivity contribution >= 4 is 12.0 Å². The maximum absolute atomic E-state index is 12.7. The first-order valence-corrected chi connectivity index (χ1v) is 5.53. The molecule has 0 unspecified atom stereocenters. The van der Waals surface area contributed by atoms with Crippen LogP contribution in [0.4, 0.5) is 9.18 Å². The highest BCUT2D eigenvalue weighted by atomic mass is 19.1. The van der Waals surface area contributed by atoms with E-state index in [1.54, 1.807) is 0 Å². The summed E-state index contributed by atoms with van der Waals surface area (Å²) in [5, 5.41) is 19.6. The van der Waals surface area contributed by atoms with Gasteiger partial charge in [0.2, 0.25) is 0 Å². The Morgan fingerprint density at radius 2 is 1.95 bits per heavy atom. The third-order valence-electron chi connectivity index (χ3n) is 2.46. The Labute approximate surface area is 109 Å². The zero-order valence-corrected chi connectivity index (χ0v) is 10.3. The number of hydrogen-bond donors (Lipinski definition) is 3. The Hall–Kier alpha value is -2.15. The number of carbonyl (C=O) groups is 2. The second-order valence-electron chi connectivity index (χ2n) is 4.01. The van der Waals surface area contributed by atoms with Crippen molar-refractivity contribution in [1.29, 1.82) is 0 Å². The van der Waals surface area contributed by atoms with Crippen LogP contribution < -0.4 is 5.32 Å². The molecule has 0 bridgehead atoms. The van der Waals surface area contributed by atoms with Gasteiger partial charge in [-0.3, -0.25) is 0 Å². The smallest absolute Gasteiger partial charge is 0.328 e. The summed E-state index contributed by atoms with van der Waals surface area (Å²) in [7, 11) is 1.47. The predicted molar refractivity (Wildman–Crippen MR) is 64.9 cm³/mol. The Bertz CT molecular complexity index is 450. The average molecular weight is 270 g/mol. The molecule has 1 aromatic rings. The fraction of sp³-hybridized carbons (Fsp3) is 0.333. The van der Waals surface area contributed by atoms with Gasteiger partial charge < -0.3 is 20.4 Å². The zero-order valence-electron chi connectivity index (χ0n) is 10.3. The molecule has 0 fully saturated rings. The van der Waals surface area contributed by atoms with E-state index in [-0.39, 0.29) is 12.4 Å². The van der Waals surface area contributed by atoms with Gasteiger partial charge in [-0.1, -0.05) is 12.1 Å². The van der Waals surface area contributed by atoms with Crippen LogP contribution in [0.15, 0.2) is 24.3 Å². The molecule has 0 saturated heterocycles. The molecule has 3 N–H and O–H groups in total. The van der Waals surface area contributed by atoms with Crippen LogP contribution in [0.2, 0.25) is 0 Å². The van der Waals surface area contributed by atoms with E-state index >= 15 is 0 Å². The first-order valence-electron chi connectivity index (χ1n) is 5.53. The van der Waals surface area contributed by atoms with E-state index in [9.17, 15) is 14.0 Å². The Balaban J connectivity index is 2.57. The van der Waals surface area contributed by atoms with Gasteiger partial charge in [-0.15, -0.1) is 0 Å². The number of amides is 2. The van der Waals surface area contributed by atoms with Crippen molar-refractivity contribution < 1.29 is 24.2 Å². The van der Waals surface area contributed by atoms with Gasteiger partial charge in [-0.05, 0) is 17.7 Å². The number of aliphatic hydroxyl groups excluding tert-OH is 1. The van der Waals surface area contributed by atoms with Gasteiger partial charge in [0.25, 0.3) is 0 Å². The zero-order chi connectivity index (χ0) is 14.4. The molecule has 7 heteroatoms. The highest BCUT2D eigenvalue weighted by Crippen LogP contribution is 2.05. The second-order valence-corrected chi connectivity index (χ2v) is 4.01. The second kappa shape index (κ2) is 6.69. The highest BCUT2D eigenvalue weighted by Gasteiger charge is 2.20. The summed E-state index contributed by atoms with van der Waals surface area (Å²) in [6, 6.07) is 3.62. The number of hydrogen-bond acceptors (Lipinski definition) is 3. The Kier molecular flexibility index (Phi) is 5.25. The molecule has 1 aromatic carbocycles. The minimum atomic E-state index is -1.34. The lowest BCUT2D eigenvalue weighted by atomic mass is 10.2. The van der Waals surface area contributed by atoms with Crippen molar-refractivity contribution in [1.82, 2.24) is 10.2 Å². The molecule has 0 spiro atoms. The van der Waals surface area contributed by atoms with Gasteiger partial charge >= 0.3 is 12.0 Å². The molecule has 6 nitrogen and oxygen atoms in total. The molecule has 2 amide bonds. The maximum Gasteiger partial charge on any atom is 0.328 e. The van der Waals surface area contributed by atoms with Crippen molar-refractivity contribution in [2.45, 2.75) is 12.6 Å². The number of nitrogens with zero attached hydrogens (tertiary/aromatic N) is 1. The summed E-state index contributed by atoms with van der Waals surface area (Å²) in [4.78, 5) is 23.5. The molecule has 0 aliphatic heterocycles. The summed E-state index contributed by atoms with van der Waals surface area (Å²) in [6.07, 6.45) is 0. The first kappa shape index (κ1) is 14.9. The van der Waals surface area contributed by atoms with Gasteiger partial charge in [-0.25, -0.2) is 14.0 Å². The van der Waals surface area contributed by atoms with E-state index in [1.165, 1.54) is 36.2 Å². The summed E-state index contributed by atoms with van der Waals surface area (Å²) in [5.41, 5.74) is 0.704. The van der Waals surface area contributed by atoms with Gasteiger partial charge in [0, 0.05) is 13.6 Å². The van der Waals surface area contributed by atoms with Crippen molar-refractivity contribution in [3.05, 3.63) is 35.6 Å². The molecular weight excluding hydrogens is 255 g/mol. The van der Waals surface area contributed by atoms with Crippen LogP contribution in [-0.4, -0.2) is 46.8 Å². The molecule has 0 aromatic heterocycles. The lowest BCUT2D eigenvalue weighted by Crippen LogP contribution is -2.48. The van der Waals surface area contributed by atoms with Crippen LogP contribution >= 0.6 is 0 Å². The van der Waals surface area contributed by atoms with Gasteiger partial charge in [0.05, 0.1) is 6.61 Å². The molecule has 0 heterocycles. The first-order chi connectivity index (χ1) is 8.93. The summed E-state index contributed by atoms with van der Waals surface area (Å²) in [6.45, 7) is -0.491. The number of benzene rings is 1. The Morgan fingerprint density at radius 1 is 1.37 bits per heavy atom. The quantitative estimate of drug-likeness (QED) is 0.723. The van der Waals surface area contributed by atoms with Gasteiger partial charge in [-0.2, -0.15) is 0 Å². The molecule has 0 radical (unpaired) electrons. The summed E-state index contributed by atoms with van der Waals surface area (Å²) >= 11 is 0. The average Bonchev–Trinajstić information content (AvgIpc) is 2.37. The topological polar surface area (TPSA) is 89.9 Å². The van der Waals surface area contributed by atoms with Crippen LogP contribution in [0.25, 0.3) is 0 Å². The molecule has 0 aliphatic carbocycles. The minimum Gasteiger partial charge on any atom is -0.480 e. The van der Waals surface area contributed by atoms with Crippen LogP contribution in [0.3, 0.4) is 0 Å². The number of carboxylic acid groups (broad SMARTS) is 1. The Morgan fingerprint density at radius 3 is 2.42 bits per heavy atom. The molecule has 1 atom stereocenters. The minimum absolute atomic E-state index is 0.198. The van der Waals surface area contributed by atoms with Crippen LogP contribution in [0, 0.1) is 5.82 Å². The van der Waals surface area contributed by atoms with E-state index in [4.69, 9.17) is 10.2 Å². The third kappa shape index (κ3) is 4.55. The molecule has 19 heavy (non-hydrogen) atoms. The van der Waals surface area contributed by atoms with Crippen molar-refractivity contribution in [2.75, 3.05) is 13.7 Å². The lowest BCUT2D eigenvalue weighted by Gasteiger charge is -2.20. The van der Waals surface area contributed by atoms with Crippen molar-refractivity contribution in [3.8, 4) is 0 Å². The summed E-state index contributed by atoms with van der Waals surface area (Å²) < 4.78 is 12.7. The molecule has 0 saturated carbocycles. The van der Waals surface area contributed by atoms with Crippen LogP contribution in [0.5, 0.6) is 0 Å². The predicted octanol–water partition coefficient (Wildman–Crippen LogP) is 0.413. The molecule has 1 rings (SSSR count). The summed E-state index contributed by atoms with van der Waals surface area (Å²) in [5.74, 6) is -1.69. The number of urea groups is 1. The third-order valence-corrected chi connectivity index (χ3v) is 2.46. The lowest BCUT2D eigenvalue weighted by molar-refractivity contribution is -0.140. The van der Waals surface area contributed by atoms with E-state index in [0.29, 0.717) is 5.56 Å². The molecular formula is C12H15FN2O4. The molecule has 104 valence electrons.